The lowest BCUT2D eigenvalue weighted by Crippen LogP contribution is -3.19. The molecule has 0 spiro atoms. The Labute approximate surface area is 166 Å². The van der Waals surface area contributed by atoms with E-state index in [0.717, 1.165) is 17.2 Å². The Bertz CT molecular complexity index is 900. The third-order valence-corrected chi connectivity index (χ3v) is 5.18. The van der Waals surface area contributed by atoms with Crippen molar-refractivity contribution < 1.29 is 27.8 Å². The highest BCUT2D eigenvalue weighted by molar-refractivity contribution is 5.94. The summed E-state index contributed by atoms with van der Waals surface area (Å²) in [7, 11) is 0. The average molecular weight is 405 g/mol. The van der Waals surface area contributed by atoms with Gasteiger partial charge in [0, 0.05) is 6.07 Å². The molecule has 1 amide bonds. The van der Waals surface area contributed by atoms with E-state index in [-0.39, 0.29) is 11.9 Å². The predicted octanol–water partition coefficient (Wildman–Crippen LogP) is 1.12. The predicted molar refractivity (Wildman–Crippen MR) is 100 cm³/mol. The number of aromatic nitrogens is 1. The highest BCUT2D eigenvalue weighted by Crippen LogP contribution is 2.28. The molecule has 152 valence electrons. The molecule has 1 aliphatic heterocycles. The van der Waals surface area contributed by atoms with Gasteiger partial charge in [0.1, 0.15) is 38.4 Å². The monoisotopic (exact) mass is 405 g/mol. The quantitative estimate of drug-likeness (QED) is 0.801. The van der Waals surface area contributed by atoms with Crippen molar-refractivity contribution in [3.8, 4) is 6.07 Å². The van der Waals surface area contributed by atoms with Gasteiger partial charge in [-0.25, -0.2) is 4.98 Å². The van der Waals surface area contributed by atoms with E-state index < -0.39 is 11.7 Å². The Balaban J connectivity index is 1.57. The summed E-state index contributed by atoms with van der Waals surface area (Å²) in [6, 6.07) is 11.1. The molecule has 0 bridgehead atoms. The van der Waals surface area contributed by atoms with Crippen LogP contribution in [0.1, 0.15) is 18.1 Å². The van der Waals surface area contributed by atoms with Gasteiger partial charge < -0.3 is 10.2 Å². The number of nitrogens with zero attached hydrogens (tertiary/aromatic N) is 2. The topological polar surface area (TPSA) is 74.7 Å². The molecule has 0 unspecified atom stereocenters. The number of carbonyl (C=O) groups excluding carboxylic acids is 1. The molecule has 0 saturated carbocycles. The Morgan fingerprint density at radius 1 is 1.24 bits per heavy atom. The molecule has 1 aromatic heterocycles. The Kier molecular flexibility index (Phi) is 6.03. The molecular weight excluding hydrogens is 383 g/mol. The molecule has 0 radical (unpaired) electrons. The number of hydrogen-bond donors (Lipinski definition) is 2. The maximum absolute atomic E-state index is 12.7. The lowest BCUT2D eigenvalue weighted by atomic mass is 10.1. The standard InChI is InChI=1S/C20H20F3N5O/c1-14(19(29)26-17-5-3-2-4-15(17)12-24)27-8-10-28(11-9-27)18-7-6-16(13-25-18)20(21,22)23/h2-7,13-14H,8-11H2,1H3,(H,26,29)/p+2/t14-/m0/s1. The number of halogens is 3. The Morgan fingerprint density at radius 3 is 2.52 bits per heavy atom. The number of amides is 1. The van der Waals surface area contributed by atoms with Gasteiger partial charge in [-0.05, 0) is 25.1 Å². The number of alkyl halides is 3. The maximum Gasteiger partial charge on any atom is 0.419 e. The molecule has 6 nitrogen and oxygen atoms in total. The van der Waals surface area contributed by atoms with Crippen LogP contribution in [0.2, 0.25) is 0 Å². The zero-order chi connectivity index (χ0) is 21.0. The number of carbonyl (C=O) groups is 1. The van der Waals surface area contributed by atoms with Crippen LogP contribution in [0.4, 0.5) is 24.7 Å². The van der Waals surface area contributed by atoms with Crippen LogP contribution in [0.25, 0.3) is 0 Å². The van der Waals surface area contributed by atoms with Gasteiger partial charge in [-0.3, -0.25) is 9.69 Å². The molecule has 0 aliphatic carbocycles. The average Bonchev–Trinajstić information content (AvgIpc) is 2.73. The number of quaternary nitrogens is 1. The minimum absolute atomic E-state index is 0.169. The number of H-pyrrole nitrogens is 1. The van der Waals surface area contributed by atoms with Crippen molar-refractivity contribution in [1.82, 2.24) is 0 Å². The first-order valence-corrected chi connectivity index (χ1v) is 9.28. The summed E-state index contributed by atoms with van der Waals surface area (Å²) in [6.07, 6.45) is -3.40. The van der Waals surface area contributed by atoms with Gasteiger partial charge >= 0.3 is 6.18 Å². The number of piperazine rings is 1. The minimum Gasteiger partial charge on any atom is -0.320 e. The van der Waals surface area contributed by atoms with E-state index in [0.29, 0.717) is 43.2 Å². The van der Waals surface area contributed by atoms with Gasteiger partial charge in [0.15, 0.2) is 6.04 Å². The van der Waals surface area contributed by atoms with E-state index in [2.05, 4.69) is 16.4 Å². The zero-order valence-electron chi connectivity index (χ0n) is 15.9. The van der Waals surface area contributed by atoms with E-state index >= 15 is 0 Å². The summed E-state index contributed by atoms with van der Waals surface area (Å²) in [5, 5.41) is 12.0. The number of para-hydroxylation sites is 1. The SMILES string of the molecule is C[C@@H](C(=O)Nc1ccccc1C#N)[NH+]1CCN(c2ccc(C(F)(F)F)c[nH+]2)CC1. The van der Waals surface area contributed by atoms with E-state index in [1.807, 2.05) is 11.8 Å². The molecule has 2 aromatic rings. The second-order valence-electron chi connectivity index (χ2n) is 6.97. The molecule has 1 aliphatic rings. The summed E-state index contributed by atoms with van der Waals surface area (Å²) in [6.45, 7) is 4.40. The summed E-state index contributed by atoms with van der Waals surface area (Å²) in [4.78, 5) is 18.4. The molecule has 1 atom stereocenters. The normalized spacial score (nSPS) is 16.2. The molecule has 1 fully saturated rings. The van der Waals surface area contributed by atoms with Crippen LogP contribution in [0.5, 0.6) is 0 Å². The number of nitrogens with one attached hydrogen (secondary N) is 3. The van der Waals surface area contributed by atoms with E-state index in [4.69, 9.17) is 5.26 Å². The fourth-order valence-corrected chi connectivity index (χ4v) is 3.37. The lowest BCUT2D eigenvalue weighted by Gasteiger charge is -2.31. The van der Waals surface area contributed by atoms with E-state index in [1.165, 1.54) is 6.07 Å². The minimum atomic E-state index is -4.37. The number of nitriles is 1. The van der Waals surface area contributed by atoms with Gasteiger partial charge in [0.25, 0.3) is 11.7 Å². The third-order valence-electron chi connectivity index (χ3n) is 5.18. The fourth-order valence-electron chi connectivity index (χ4n) is 3.37. The first-order chi connectivity index (χ1) is 13.8. The highest BCUT2D eigenvalue weighted by Gasteiger charge is 2.35. The van der Waals surface area contributed by atoms with Gasteiger partial charge in [-0.2, -0.15) is 18.4 Å². The third kappa shape index (κ3) is 4.84. The van der Waals surface area contributed by atoms with Crippen LogP contribution in [0, 0.1) is 11.3 Å². The summed E-state index contributed by atoms with van der Waals surface area (Å²) in [5.41, 5.74) is 0.184. The second-order valence-corrected chi connectivity index (χ2v) is 6.97. The highest BCUT2D eigenvalue weighted by atomic mass is 19.4. The van der Waals surface area contributed by atoms with Crippen molar-refractivity contribution in [3.05, 3.63) is 53.7 Å². The summed E-state index contributed by atoms with van der Waals surface area (Å²) in [5.74, 6) is 0.453. The maximum atomic E-state index is 12.7. The van der Waals surface area contributed by atoms with Gasteiger partial charge in [-0.1, -0.05) is 12.1 Å². The van der Waals surface area contributed by atoms with E-state index in [9.17, 15) is 18.0 Å². The van der Waals surface area contributed by atoms with Crippen molar-refractivity contribution in [3.63, 3.8) is 0 Å². The number of hydrogen-bond acceptors (Lipinski definition) is 3. The second kappa shape index (κ2) is 8.49. The van der Waals surface area contributed by atoms with Crippen LogP contribution < -0.4 is 20.1 Å². The number of pyridine rings is 1. The van der Waals surface area contributed by atoms with Crippen molar-refractivity contribution in [2.24, 2.45) is 0 Å². The van der Waals surface area contributed by atoms with Crippen LogP contribution in [0.15, 0.2) is 42.6 Å². The van der Waals surface area contributed by atoms with Gasteiger partial charge in [-0.15, -0.1) is 0 Å². The molecule has 9 heteroatoms. The van der Waals surface area contributed by atoms with Crippen LogP contribution in [0.3, 0.4) is 0 Å². The van der Waals surface area contributed by atoms with Gasteiger partial charge in [0.05, 0.1) is 16.8 Å². The Hall–Kier alpha value is -3.12. The Morgan fingerprint density at radius 2 is 1.93 bits per heavy atom. The van der Waals surface area contributed by atoms with E-state index in [1.54, 1.807) is 24.3 Å². The molecule has 3 N–H and O–H groups in total. The van der Waals surface area contributed by atoms with Crippen LogP contribution in [-0.2, 0) is 11.0 Å². The molecule has 2 heterocycles. The zero-order valence-corrected chi connectivity index (χ0v) is 15.9. The first kappa shape index (κ1) is 20.6. The van der Waals surface area contributed by atoms with Crippen molar-refractivity contribution in [1.29, 1.82) is 5.26 Å². The molecule has 1 saturated heterocycles. The molecule has 3 rings (SSSR count). The fraction of sp³-hybridized carbons (Fsp3) is 0.350. The number of rotatable bonds is 4. The molecule has 29 heavy (non-hydrogen) atoms. The summed E-state index contributed by atoms with van der Waals surface area (Å²) < 4.78 is 38.1. The number of benzene rings is 1. The van der Waals surface area contributed by atoms with Crippen LogP contribution >= 0.6 is 0 Å². The van der Waals surface area contributed by atoms with Crippen molar-refractivity contribution in [2.75, 3.05) is 36.4 Å². The largest absolute Gasteiger partial charge is 0.419 e. The van der Waals surface area contributed by atoms with Crippen molar-refractivity contribution >= 4 is 17.4 Å². The summed E-state index contributed by atoms with van der Waals surface area (Å²) >= 11 is 0. The number of aromatic amines is 1. The lowest BCUT2D eigenvalue weighted by molar-refractivity contribution is -0.914. The number of anilines is 2. The van der Waals surface area contributed by atoms with Crippen LogP contribution in [-0.4, -0.2) is 38.1 Å². The first-order valence-electron chi connectivity index (χ1n) is 9.28. The molecular formula is C20H22F3N5O+2. The van der Waals surface area contributed by atoms with Crippen molar-refractivity contribution in [2.45, 2.75) is 19.1 Å². The smallest absolute Gasteiger partial charge is 0.320 e. The molecule has 1 aromatic carbocycles. The van der Waals surface area contributed by atoms with Gasteiger partial charge in [0.2, 0.25) is 0 Å².